The van der Waals surface area contributed by atoms with E-state index in [2.05, 4.69) is 0 Å². The molecular weight excluding hydrogens is 208 g/mol. The quantitative estimate of drug-likeness (QED) is 0.762. The van der Waals surface area contributed by atoms with E-state index in [0.29, 0.717) is 17.9 Å². The average molecular weight is 221 g/mol. The molecule has 0 aromatic heterocycles. The first-order chi connectivity index (χ1) is 7.57. The van der Waals surface area contributed by atoms with E-state index in [-0.39, 0.29) is 0 Å². The molecule has 1 aromatic carbocycles. The molecule has 4 nitrogen and oxygen atoms in total. The first-order valence-electron chi connectivity index (χ1n) is 5.24. The largest absolute Gasteiger partial charge is 0.550 e. The number of carboxylic acids is 1. The van der Waals surface area contributed by atoms with Crippen LogP contribution in [0.5, 0.6) is 11.5 Å². The van der Waals surface area contributed by atoms with Crippen LogP contribution in [-0.2, 0) is 4.79 Å². The van der Waals surface area contributed by atoms with Gasteiger partial charge in [0.1, 0.15) is 0 Å². The number of ether oxygens (including phenoxy) is 2. The van der Waals surface area contributed by atoms with Crippen molar-refractivity contribution in [1.29, 1.82) is 0 Å². The predicted octanol–water partition coefficient (Wildman–Crippen LogP) is 0.950. The van der Waals surface area contributed by atoms with Gasteiger partial charge in [-0.3, -0.25) is 0 Å². The monoisotopic (exact) mass is 221 g/mol. The summed E-state index contributed by atoms with van der Waals surface area (Å²) in [6.07, 6.45) is 0.396. The van der Waals surface area contributed by atoms with Gasteiger partial charge in [-0.15, -0.1) is 0 Å². The third-order valence-electron chi connectivity index (χ3n) is 2.80. The van der Waals surface area contributed by atoms with Crippen molar-refractivity contribution in [3.63, 3.8) is 0 Å². The lowest BCUT2D eigenvalue weighted by molar-refractivity contribution is -0.321. The van der Waals surface area contributed by atoms with Crippen LogP contribution in [0.1, 0.15) is 20.3 Å². The van der Waals surface area contributed by atoms with Gasteiger partial charge in [-0.05, 0) is 18.6 Å². The number of carbonyl (C=O) groups excluding carboxylic acids is 1. The van der Waals surface area contributed by atoms with Crippen molar-refractivity contribution in [3.8, 4) is 11.5 Å². The van der Waals surface area contributed by atoms with E-state index < -0.39 is 17.7 Å². The average Bonchev–Trinajstić information content (AvgIpc) is 2.54. The van der Waals surface area contributed by atoms with Crippen molar-refractivity contribution in [3.05, 3.63) is 24.3 Å². The number of benzene rings is 1. The minimum absolute atomic E-state index is 0.396. The molecule has 1 unspecified atom stereocenters. The summed E-state index contributed by atoms with van der Waals surface area (Å²) in [5, 5.41) is 11.0. The highest BCUT2D eigenvalue weighted by molar-refractivity contribution is 5.69. The Labute approximate surface area is 93.8 Å². The highest BCUT2D eigenvalue weighted by atomic mass is 16.7. The summed E-state index contributed by atoms with van der Waals surface area (Å²) >= 11 is 0. The van der Waals surface area contributed by atoms with Gasteiger partial charge in [0.05, 0.1) is 11.9 Å². The van der Waals surface area contributed by atoms with E-state index in [9.17, 15) is 9.90 Å². The SMILES string of the molecule is CCC(C(=O)[O-])C1(C)Oc2ccccc2O1. The number of fused-ring (bicyclic) bond motifs is 1. The Morgan fingerprint density at radius 1 is 1.38 bits per heavy atom. The Morgan fingerprint density at radius 2 is 1.88 bits per heavy atom. The molecule has 2 rings (SSSR count). The molecule has 1 heterocycles. The number of rotatable bonds is 3. The van der Waals surface area contributed by atoms with E-state index in [1.54, 1.807) is 26.0 Å². The number of carboxylic acid groups (broad SMARTS) is 1. The maximum atomic E-state index is 11.0. The Kier molecular flexibility index (Phi) is 2.50. The van der Waals surface area contributed by atoms with Gasteiger partial charge in [-0.1, -0.05) is 19.1 Å². The second kappa shape index (κ2) is 3.70. The summed E-state index contributed by atoms with van der Waals surface area (Å²) < 4.78 is 11.1. The molecule has 4 heteroatoms. The van der Waals surface area contributed by atoms with Gasteiger partial charge in [0.15, 0.2) is 11.5 Å². The molecule has 0 spiro atoms. The van der Waals surface area contributed by atoms with E-state index in [0.717, 1.165) is 0 Å². The standard InChI is InChI=1S/C12H14O4/c1-3-8(11(13)14)12(2)15-9-6-4-5-7-10(9)16-12/h4-8H,3H2,1-2H3,(H,13,14)/p-1. The number of carbonyl (C=O) groups is 1. The Hall–Kier alpha value is -1.71. The highest BCUT2D eigenvalue weighted by Crippen LogP contribution is 2.42. The van der Waals surface area contributed by atoms with Crippen molar-refractivity contribution < 1.29 is 19.4 Å². The van der Waals surface area contributed by atoms with Crippen LogP contribution in [0, 0.1) is 5.92 Å². The molecule has 16 heavy (non-hydrogen) atoms. The lowest BCUT2D eigenvalue weighted by Gasteiger charge is -2.32. The van der Waals surface area contributed by atoms with Gasteiger partial charge < -0.3 is 19.4 Å². The topological polar surface area (TPSA) is 58.6 Å². The van der Waals surface area contributed by atoms with E-state index >= 15 is 0 Å². The van der Waals surface area contributed by atoms with Crippen LogP contribution in [0.4, 0.5) is 0 Å². The number of aliphatic carboxylic acids is 1. The molecule has 0 bridgehead atoms. The molecule has 0 fully saturated rings. The van der Waals surface area contributed by atoms with Gasteiger partial charge in [0, 0.05) is 6.92 Å². The van der Waals surface area contributed by atoms with Crippen molar-refractivity contribution in [2.45, 2.75) is 26.1 Å². The molecule has 0 saturated heterocycles. The molecular formula is C12H13O4-. The summed E-state index contributed by atoms with van der Waals surface area (Å²) in [6.45, 7) is 3.39. The normalized spacial score (nSPS) is 18.1. The number of para-hydroxylation sites is 2. The first kappa shape index (κ1) is 10.8. The molecule has 86 valence electrons. The van der Waals surface area contributed by atoms with Crippen LogP contribution in [0.25, 0.3) is 0 Å². The zero-order valence-corrected chi connectivity index (χ0v) is 9.23. The maximum absolute atomic E-state index is 11.0. The molecule has 1 aliphatic heterocycles. The summed E-state index contributed by atoms with van der Waals surface area (Å²) in [4.78, 5) is 11.0. The molecule has 0 aliphatic carbocycles. The van der Waals surface area contributed by atoms with Gasteiger partial charge in [-0.25, -0.2) is 0 Å². The van der Waals surface area contributed by atoms with Crippen LogP contribution in [0.15, 0.2) is 24.3 Å². The number of hydrogen-bond acceptors (Lipinski definition) is 4. The Bertz CT molecular complexity index is 388. The van der Waals surface area contributed by atoms with E-state index in [4.69, 9.17) is 9.47 Å². The van der Waals surface area contributed by atoms with Crippen LogP contribution in [-0.4, -0.2) is 11.8 Å². The Balaban J connectivity index is 2.29. The fourth-order valence-electron chi connectivity index (χ4n) is 1.97. The van der Waals surface area contributed by atoms with E-state index in [1.165, 1.54) is 0 Å². The molecule has 1 aromatic rings. The van der Waals surface area contributed by atoms with Gasteiger partial charge in [0.25, 0.3) is 5.79 Å². The summed E-state index contributed by atoms with van der Waals surface area (Å²) in [5.74, 6) is -1.97. The zero-order valence-electron chi connectivity index (χ0n) is 9.23. The lowest BCUT2D eigenvalue weighted by Crippen LogP contribution is -2.51. The van der Waals surface area contributed by atoms with Crippen molar-refractivity contribution in [2.24, 2.45) is 5.92 Å². The molecule has 0 amide bonds. The lowest BCUT2D eigenvalue weighted by atomic mass is 9.97. The van der Waals surface area contributed by atoms with Gasteiger partial charge in [0.2, 0.25) is 0 Å². The van der Waals surface area contributed by atoms with Crippen LogP contribution < -0.4 is 14.6 Å². The highest BCUT2D eigenvalue weighted by Gasteiger charge is 2.44. The third-order valence-corrected chi connectivity index (χ3v) is 2.80. The molecule has 0 N–H and O–H groups in total. The summed E-state index contributed by atoms with van der Waals surface area (Å²) in [5.41, 5.74) is 0. The summed E-state index contributed by atoms with van der Waals surface area (Å²) in [6, 6.07) is 7.13. The van der Waals surface area contributed by atoms with Crippen LogP contribution in [0.3, 0.4) is 0 Å². The summed E-state index contributed by atoms with van der Waals surface area (Å²) in [7, 11) is 0. The molecule has 1 atom stereocenters. The van der Waals surface area contributed by atoms with Crippen LogP contribution >= 0.6 is 0 Å². The van der Waals surface area contributed by atoms with Gasteiger partial charge in [-0.2, -0.15) is 0 Å². The minimum Gasteiger partial charge on any atom is -0.550 e. The second-order valence-corrected chi connectivity index (χ2v) is 3.95. The number of hydrogen-bond donors (Lipinski definition) is 0. The smallest absolute Gasteiger partial charge is 0.256 e. The molecule has 0 radical (unpaired) electrons. The third kappa shape index (κ3) is 1.60. The van der Waals surface area contributed by atoms with E-state index in [1.807, 2.05) is 12.1 Å². The van der Waals surface area contributed by atoms with Crippen molar-refractivity contribution in [2.75, 3.05) is 0 Å². The first-order valence-corrected chi connectivity index (χ1v) is 5.24. The fraction of sp³-hybridized carbons (Fsp3) is 0.417. The Morgan fingerprint density at radius 3 is 2.25 bits per heavy atom. The minimum atomic E-state index is -1.17. The van der Waals surface area contributed by atoms with Gasteiger partial charge >= 0.3 is 0 Å². The molecule has 1 aliphatic rings. The fourth-order valence-corrected chi connectivity index (χ4v) is 1.97. The molecule has 0 saturated carbocycles. The second-order valence-electron chi connectivity index (χ2n) is 3.95. The predicted molar refractivity (Wildman–Crippen MR) is 54.9 cm³/mol. The van der Waals surface area contributed by atoms with Crippen molar-refractivity contribution >= 4 is 5.97 Å². The zero-order chi connectivity index (χ0) is 11.8. The van der Waals surface area contributed by atoms with Crippen molar-refractivity contribution in [1.82, 2.24) is 0 Å². The maximum Gasteiger partial charge on any atom is 0.256 e. The van der Waals surface area contributed by atoms with Crippen LogP contribution in [0.2, 0.25) is 0 Å².